The largest absolute Gasteiger partial charge is 0.374 e. The van der Waals surface area contributed by atoms with E-state index in [1.54, 1.807) is 14.0 Å². The second kappa shape index (κ2) is 3.27. The lowest BCUT2D eigenvalue weighted by Crippen LogP contribution is -2.30. The summed E-state index contributed by atoms with van der Waals surface area (Å²) in [5.74, 6) is 0. The highest BCUT2D eigenvalue weighted by Crippen LogP contribution is 1.95. The van der Waals surface area contributed by atoms with E-state index in [1.165, 1.54) is 4.90 Å². The molecule has 0 saturated heterocycles. The van der Waals surface area contributed by atoms with Crippen LogP contribution in [0.2, 0.25) is 0 Å². The number of aliphatic hydroxyl groups excluding tert-OH is 1. The summed E-state index contributed by atoms with van der Waals surface area (Å²) in [5.41, 5.74) is 0. The van der Waals surface area contributed by atoms with E-state index in [-0.39, 0.29) is 0 Å². The number of hydrogen-bond acceptors (Lipinski definition) is 2. The van der Waals surface area contributed by atoms with Crippen LogP contribution in [0.3, 0.4) is 0 Å². The summed E-state index contributed by atoms with van der Waals surface area (Å²) in [4.78, 5) is 1.48. The third kappa shape index (κ3) is 2.49. The smallest absolute Gasteiger partial charge is 0.135 e. The molecule has 0 saturated carbocycles. The molecule has 0 aromatic rings. The molecule has 0 aliphatic carbocycles. The van der Waals surface area contributed by atoms with Gasteiger partial charge in [0.1, 0.15) is 10.5 Å². The van der Waals surface area contributed by atoms with E-state index in [0.717, 1.165) is 0 Å². The number of thiocarbonyl (C=S) groups is 1. The average Bonchev–Trinajstić information content (AvgIpc) is 1.64. The van der Waals surface area contributed by atoms with Crippen LogP contribution in [-0.2, 0) is 0 Å². The summed E-state index contributed by atoms with van der Waals surface area (Å²) in [6.45, 7) is 1.63. The van der Waals surface area contributed by atoms with Gasteiger partial charge < -0.3 is 10.0 Å². The number of aliphatic hydroxyl groups is 1. The summed E-state index contributed by atoms with van der Waals surface area (Å²) >= 11 is 8.45. The summed E-state index contributed by atoms with van der Waals surface area (Å²) in [6.07, 6.45) is -0.542. The maximum absolute atomic E-state index is 8.78. The van der Waals surface area contributed by atoms with Gasteiger partial charge in [-0.1, -0.05) is 12.2 Å². The Bertz CT molecular complexity index is 94.0. The molecule has 48 valence electrons. The molecule has 1 unspecified atom stereocenters. The molecule has 0 amide bonds. The van der Waals surface area contributed by atoms with Crippen molar-refractivity contribution < 1.29 is 5.11 Å². The average molecular weight is 151 g/mol. The Morgan fingerprint density at radius 2 is 2.25 bits per heavy atom. The second-order valence-corrected chi connectivity index (χ2v) is 2.64. The Morgan fingerprint density at radius 1 is 1.88 bits per heavy atom. The van der Waals surface area contributed by atoms with Gasteiger partial charge in [0.15, 0.2) is 0 Å². The summed E-state index contributed by atoms with van der Waals surface area (Å²) in [7, 11) is 1.68. The predicted octanol–water partition coefficient (Wildman–Crippen LogP) is 0.471. The first-order chi connectivity index (χ1) is 3.55. The minimum atomic E-state index is -0.542. The van der Waals surface area contributed by atoms with Crippen LogP contribution in [0.15, 0.2) is 0 Å². The minimum absolute atomic E-state index is 0.403. The van der Waals surface area contributed by atoms with Gasteiger partial charge in [-0.3, -0.25) is 0 Å². The van der Waals surface area contributed by atoms with Gasteiger partial charge in [0.2, 0.25) is 0 Å². The highest BCUT2D eigenvalue weighted by Gasteiger charge is 2.02. The van der Waals surface area contributed by atoms with E-state index in [2.05, 4.69) is 24.8 Å². The van der Waals surface area contributed by atoms with Gasteiger partial charge in [0.25, 0.3) is 0 Å². The SMILES string of the molecule is CC(O)N(C)C(=S)S. The Kier molecular flexibility index (Phi) is 3.35. The van der Waals surface area contributed by atoms with Crippen LogP contribution in [-0.4, -0.2) is 27.6 Å². The second-order valence-electron chi connectivity index (χ2n) is 1.53. The topological polar surface area (TPSA) is 23.5 Å². The number of hydrogen-bond donors (Lipinski definition) is 2. The molecular formula is C4H9NOS2. The van der Waals surface area contributed by atoms with Crippen LogP contribution in [0.5, 0.6) is 0 Å². The highest BCUT2D eigenvalue weighted by molar-refractivity contribution is 8.10. The molecular weight excluding hydrogens is 142 g/mol. The minimum Gasteiger partial charge on any atom is -0.374 e. The highest BCUT2D eigenvalue weighted by atomic mass is 32.1. The van der Waals surface area contributed by atoms with Crippen LogP contribution in [0.4, 0.5) is 0 Å². The molecule has 0 spiro atoms. The standard InChI is InChI=1S/C4H9NOS2/c1-3(6)5(2)4(7)8/h3,6H,1-2H3,(H,7,8). The predicted molar refractivity (Wildman–Crippen MR) is 41.0 cm³/mol. The lowest BCUT2D eigenvalue weighted by Gasteiger charge is -2.18. The van der Waals surface area contributed by atoms with Crippen molar-refractivity contribution in [3.05, 3.63) is 0 Å². The molecule has 0 heterocycles. The summed E-state index contributed by atoms with van der Waals surface area (Å²) in [6, 6.07) is 0. The molecule has 1 atom stereocenters. The summed E-state index contributed by atoms with van der Waals surface area (Å²) < 4.78 is 0.403. The lowest BCUT2D eigenvalue weighted by atomic mass is 10.6. The first-order valence-corrected chi connectivity index (χ1v) is 3.05. The monoisotopic (exact) mass is 151 g/mol. The molecule has 4 heteroatoms. The molecule has 0 aliphatic heterocycles. The Morgan fingerprint density at radius 3 is 2.25 bits per heavy atom. The normalized spacial score (nSPS) is 13.0. The number of rotatable bonds is 1. The van der Waals surface area contributed by atoms with Gasteiger partial charge in [0.05, 0.1) is 0 Å². The molecule has 1 N–H and O–H groups in total. The van der Waals surface area contributed by atoms with Crippen molar-refractivity contribution in [2.45, 2.75) is 13.2 Å². The van der Waals surface area contributed by atoms with Gasteiger partial charge in [-0.05, 0) is 6.92 Å². The van der Waals surface area contributed by atoms with E-state index in [0.29, 0.717) is 4.32 Å². The Balaban J connectivity index is 3.64. The maximum atomic E-state index is 8.78. The maximum Gasteiger partial charge on any atom is 0.135 e. The van der Waals surface area contributed by atoms with Crippen molar-refractivity contribution in [2.75, 3.05) is 7.05 Å². The van der Waals surface area contributed by atoms with Crippen LogP contribution in [0.25, 0.3) is 0 Å². The van der Waals surface area contributed by atoms with E-state index < -0.39 is 6.23 Å². The molecule has 0 rings (SSSR count). The molecule has 0 fully saturated rings. The first-order valence-electron chi connectivity index (χ1n) is 2.19. The van der Waals surface area contributed by atoms with Gasteiger partial charge in [-0.15, -0.1) is 12.6 Å². The Labute approximate surface area is 59.9 Å². The van der Waals surface area contributed by atoms with Crippen molar-refractivity contribution in [1.82, 2.24) is 4.90 Å². The van der Waals surface area contributed by atoms with Gasteiger partial charge >= 0.3 is 0 Å². The molecule has 0 radical (unpaired) electrons. The van der Waals surface area contributed by atoms with Crippen LogP contribution < -0.4 is 0 Å². The molecule has 0 aliphatic rings. The van der Waals surface area contributed by atoms with Crippen molar-refractivity contribution in [3.63, 3.8) is 0 Å². The lowest BCUT2D eigenvalue weighted by molar-refractivity contribution is 0.0917. The molecule has 0 bridgehead atoms. The third-order valence-electron chi connectivity index (χ3n) is 0.862. The van der Waals surface area contributed by atoms with Crippen LogP contribution in [0, 0.1) is 0 Å². The fourth-order valence-electron chi connectivity index (χ4n) is 0.160. The van der Waals surface area contributed by atoms with E-state index in [4.69, 9.17) is 5.11 Å². The fraction of sp³-hybridized carbons (Fsp3) is 0.750. The zero-order chi connectivity index (χ0) is 6.73. The molecule has 8 heavy (non-hydrogen) atoms. The van der Waals surface area contributed by atoms with E-state index in [1.807, 2.05) is 0 Å². The van der Waals surface area contributed by atoms with Crippen molar-refractivity contribution >= 4 is 29.2 Å². The number of thiol groups is 1. The van der Waals surface area contributed by atoms with E-state index >= 15 is 0 Å². The molecule has 0 aromatic carbocycles. The van der Waals surface area contributed by atoms with Gasteiger partial charge in [0, 0.05) is 7.05 Å². The van der Waals surface area contributed by atoms with Crippen molar-refractivity contribution in [1.29, 1.82) is 0 Å². The summed E-state index contributed by atoms with van der Waals surface area (Å²) in [5, 5.41) is 8.78. The molecule has 2 nitrogen and oxygen atoms in total. The third-order valence-corrected chi connectivity index (χ3v) is 1.47. The first kappa shape index (κ1) is 8.20. The fourth-order valence-corrected chi connectivity index (χ4v) is 0.479. The zero-order valence-corrected chi connectivity index (χ0v) is 6.54. The van der Waals surface area contributed by atoms with Gasteiger partial charge in [-0.2, -0.15) is 0 Å². The van der Waals surface area contributed by atoms with Crippen molar-refractivity contribution in [3.8, 4) is 0 Å². The van der Waals surface area contributed by atoms with Crippen LogP contribution in [0.1, 0.15) is 6.92 Å². The number of nitrogens with zero attached hydrogens (tertiary/aromatic N) is 1. The zero-order valence-electron chi connectivity index (χ0n) is 4.83. The quantitative estimate of drug-likeness (QED) is 0.323. The van der Waals surface area contributed by atoms with Crippen LogP contribution >= 0.6 is 24.8 Å². The molecule has 0 aromatic heterocycles. The Hall–Kier alpha value is 0.200. The van der Waals surface area contributed by atoms with Gasteiger partial charge in [-0.25, -0.2) is 0 Å². The van der Waals surface area contributed by atoms with E-state index in [9.17, 15) is 0 Å². The van der Waals surface area contributed by atoms with Crippen molar-refractivity contribution in [2.24, 2.45) is 0 Å².